The number of nitrogens with zero attached hydrogens (tertiary/aromatic N) is 2. The average Bonchev–Trinajstić information content (AvgIpc) is 3.29. The maximum absolute atomic E-state index is 14.0. The Kier molecular flexibility index (Phi) is 11.4. The third kappa shape index (κ3) is 9.15. The molecule has 1 aliphatic rings. The first-order chi connectivity index (χ1) is 21.3. The van der Waals surface area contributed by atoms with E-state index < -0.39 is 66.2 Å². The monoisotopic (exact) mass is 623 g/mol. The van der Waals surface area contributed by atoms with Gasteiger partial charge in [0.1, 0.15) is 24.9 Å². The summed E-state index contributed by atoms with van der Waals surface area (Å²) in [7, 11) is 0. The molecule has 5 amide bonds. The SMILES string of the molecule is C=CC[C@@]1(C(=O)O)CN(C(=O)OCc2ccccc2)C(=O)N1C(=O)[C@H](CCC(=O)OCc1ccccc1)NC(=O)OC(C)(C)C. The van der Waals surface area contributed by atoms with Crippen LogP contribution in [-0.2, 0) is 41.8 Å². The average molecular weight is 624 g/mol. The topological polar surface area (TPSA) is 169 Å². The third-order valence-corrected chi connectivity index (χ3v) is 6.66. The lowest BCUT2D eigenvalue weighted by Crippen LogP contribution is -2.60. The number of benzene rings is 2. The van der Waals surface area contributed by atoms with E-state index in [0.29, 0.717) is 15.4 Å². The van der Waals surface area contributed by atoms with E-state index in [4.69, 9.17) is 14.2 Å². The molecule has 13 heteroatoms. The van der Waals surface area contributed by atoms with Crippen molar-refractivity contribution in [2.24, 2.45) is 0 Å². The van der Waals surface area contributed by atoms with Crippen LogP contribution in [0.2, 0.25) is 0 Å². The van der Waals surface area contributed by atoms with Gasteiger partial charge in [0, 0.05) is 12.8 Å². The number of carboxylic acids is 1. The predicted molar refractivity (Wildman–Crippen MR) is 159 cm³/mol. The number of rotatable bonds is 12. The largest absolute Gasteiger partial charge is 0.479 e. The first kappa shape index (κ1) is 34.3. The first-order valence-corrected chi connectivity index (χ1v) is 14.2. The number of carboxylic acid groups (broad SMARTS) is 1. The maximum atomic E-state index is 14.0. The van der Waals surface area contributed by atoms with Gasteiger partial charge in [0.05, 0.1) is 6.54 Å². The van der Waals surface area contributed by atoms with E-state index in [1.807, 2.05) is 0 Å². The molecule has 1 aliphatic heterocycles. The van der Waals surface area contributed by atoms with Gasteiger partial charge in [-0.15, -0.1) is 6.58 Å². The molecular weight excluding hydrogens is 586 g/mol. The zero-order valence-electron chi connectivity index (χ0n) is 25.4. The molecule has 240 valence electrons. The van der Waals surface area contributed by atoms with Crippen molar-refractivity contribution in [2.45, 2.75) is 70.4 Å². The van der Waals surface area contributed by atoms with Crippen molar-refractivity contribution in [1.82, 2.24) is 15.1 Å². The molecule has 0 aliphatic carbocycles. The highest BCUT2D eigenvalue weighted by atomic mass is 16.6. The number of alkyl carbamates (subject to hydrolysis) is 1. The number of ether oxygens (including phenoxy) is 3. The lowest BCUT2D eigenvalue weighted by Gasteiger charge is -2.33. The second-order valence-electron chi connectivity index (χ2n) is 11.3. The van der Waals surface area contributed by atoms with E-state index in [9.17, 15) is 33.9 Å². The van der Waals surface area contributed by atoms with E-state index in [-0.39, 0.29) is 26.1 Å². The standard InChI is InChI=1S/C32H37N3O10/c1-5-18-32(27(38)39)21-34(30(42)44-20-23-14-10-7-11-15-23)29(41)35(32)26(37)24(33-28(40)45-31(2,3)4)16-17-25(36)43-19-22-12-8-6-9-13-22/h5-15,24H,1,16-21H2,2-4H3,(H,33,40)(H,38,39)/t24-,32-/m0/s1. The second kappa shape index (κ2) is 15.0. The molecule has 45 heavy (non-hydrogen) atoms. The Morgan fingerprint density at radius 3 is 2.04 bits per heavy atom. The molecule has 3 rings (SSSR count). The number of carbonyl (C=O) groups excluding carboxylic acids is 5. The highest BCUT2D eigenvalue weighted by molar-refractivity contribution is 6.09. The van der Waals surface area contributed by atoms with Gasteiger partial charge in [-0.2, -0.15) is 0 Å². The number of imide groups is 2. The number of esters is 1. The summed E-state index contributed by atoms with van der Waals surface area (Å²) in [5.74, 6) is -3.48. The first-order valence-electron chi connectivity index (χ1n) is 14.2. The minimum Gasteiger partial charge on any atom is -0.479 e. The van der Waals surface area contributed by atoms with Gasteiger partial charge in [0.2, 0.25) is 0 Å². The molecule has 0 unspecified atom stereocenters. The molecule has 2 aromatic rings. The van der Waals surface area contributed by atoms with Crippen molar-refractivity contribution in [2.75, 3.05) is 6.54 Å². The van der Waals surface area contributed by atoms with Gasteiger partial charge in [0.15, 0.2) is 5.54 Å². The van der Waals surface area contributed by atoms with E-state index in [0.717, 1.165) is 5.56 Å². The van der Waals surface area contributed by atoms with E-state index in [2.05, 4.69) is 11.9 Å². The molecule has 2 N–H and O–H groups in total. The minimum atomic E-state index is -2.27. The summed E-state index contributed by atoms with van der Waals surface area (Å²) in [6.07, 6.45) is -2.22. The van der Waals surface area contributed by atoms with Crippen LogP contribution >= 0.6 is 0 Å². The van der Waals surface area contributed by atoms with Crippen LogP contribution in [0, 0.1) is 0 Å². The fraction of sp³-hybridized carbons (Fsp3) is 0.375. The van der Waals surface area contributed by atoms with Gasteiger partial charge in [-0.3, -0.25) is 9.59 Å². The summed E-state index contributed by atoms with van der Waals surface area (Å²) in [6, 6.07) is 14.5. The Balaban J connectivity index is 1.86. The zero-order chi connectivity index (χ0) is 33.2. The molecule has 2 aromatic carbocycles. The zero-order valence-corrected chi connectivity index (χ0v) is 25.4. The molecular formula is C32H37N3O10. The van der Waals surface area contributed by atoms with E-state index in [1.165, 1.54) is 6.08 Å². The van der Waals surface area contributed by atoms with Gasteiger partial charge >= 0.3 is 30.2 Å². The second-order valence-corrected chi connectivity index (χ2v) is 11.3. The normalized spacial score (nSPS) is 16.8. The quantitative estimate of drug-likeness (QED) is 0.196. The smallest absolute Gasteiger partial charge is 0.418 e. The molecule has 1 fully saturated rings. The molecule has 0 radical (unpaired) electrons. The molecule has 13 nitrogen and oxygen atoms in total. The molecule has 0 bridgehead atoms. The van der Waals surface area contributed by atoms with E-state index >= 15 is 0 Å². The highest BCUT2D eigenvalue weighted by Crippen LogP contribution is 2.33. The number of urea groups is 1. The van der Waals surface area contributed by atoms with Crippen molar-refractivity contribution in [3.8, 4) is 0 Å². The summed E-state index contributed by atoms with van der Waals surface area (Å²) in [4.78, 5) is 79.5. The number of aliphatic carboxylic acids is 1. The highest BCUT2D eigenvalue weighted by Gasteiger charge is 2.60. The van der Waals surface area contributed by atoms with Crippen molar-refractivity contribution in [3.05, 3.63) is 84.4 Å². The number of carbonyl (C=O) groups is 6. The number of nitrogens with one attached hydrogen (secondary N) is 1. The summed E-state index contributed by atoms with van der Waals surface area (Å²) in [5.41, 5.74) is -1.91. The van der Waals surface area contributed by atoms with Crippen molar-refractivity contribution < 1.29 is 48.1 Å². The number of hydrogen-bond donors (Lipinski definition) is 2. The molecule has 0 aromatic heterocycles. The molecule has 1 saturated heterocycles. The Morgan fingerprint density at radius 1 is 0.978 bits per heavy atom. The molecule has 0 saturated carbocycles. The summed E-state index contributed by atoms with van der Waals surface area (Å²) in [5, 5.41) is 12.6. The van der Waals surface area contributed by atoms with E-state index in [1.54, 1.807) is 81.4 Å². The van der Waals surface area contributed by atoms with Crippen molar-refractivity contribution in [1.29, 1.82) is 0 Å². The lowest BCUT2D eigenvalue weighted by atomic mass is 9.93. The van der Waals surface area contributed by atoms with Crippen molar-refractivity contribution >= 4 is 36.1 Å². The number of amides is 5. The predicted octanol–water partition coefficient (Wildman–Crippen LogP) is 4.40. The minimum absolute atomic E-state index is 0.0378. The third-order valence-electron chi connectivity index (χ3n) is 6.66. The van der Waals surface area contributed by atoms with Crippen LogP contribution in [0.15, 0.2) is 73.3 Å². The summed E-state index contributed by atoms with van der Waals surface area (Å²) >= 11 is 0. The van der Waals surface area contributed by atoms with Crippen LogP contribution in [0.3, 0.4) is 0 Å². The Bertz CT molecular complexity index is 1410. The molecule has 0 spiro atoms. The van der Waals surface area contributed by atoms with Crippen LogP contribution in [0.4, 0.5) is 14.4 Å². The Hall–Kier alpha value is -5.20. The van der Waals surface area contributed by atoms with Crippen molar-refractivity contribution in [3.63, 3.8) is 0 Å². The fourth-order valence-electron chi connectivity index (χ4n) is 4.53. The summed E-state index contributed by atoms with van der Waals surface area (Å²) < 4.78 is 15.8. The van der Waals surface area contributed by atoms with Gasteiger partial charge in [0.25, 0.3) is 5.91 Å². The summed E-state index contributed by atoms with van der Waals surface area (Å²) in [6.45, 7) is 7.33. The number of hydrogen-bond acceptors (Lipinski definition) is 9. The lowest BCUT2D eigenvalue weighted by molar-refractivity contribution is -0.154. The van der Waals surface area contributed by atoms with Crippen LogP contribution in [0.5, 0.6) is 0 Å². The van der Waals surface area contributed by atoms with Gasteiger partial charge in [-0.1, -0.05) is 66.7 Å². The van der Waals surface area contributed by atoms with Crippen LogP contribution in [-0.4, -0.2) is 74.7 Å². The molecule has 1 heterocycles. The van der Waals surface area contributed by atoms with Crippen LogP contribution < -0.4 is 5.32 Å². The fourth-order valence-corrected chi connectivity index (χ4v) is 4.53. The van der Waals surface area contributed by atoms with Gasteiger partial charge < -0.3 is 24.6 Å². The molecule has 2 atom stereocenters. The van der Waals surface area contributed by atoms with Crippen LogP contribution in [0.25, 0.3) is 0 Å². The van der Waals surface area contributed by atoms with Crippen LogP contribution in [0.1, 0.15) is 51.2 Å². The van der Waals surface area contributed by atoms with Gasteiger partial charge in [-0.25, -0.2) is 29.0 Å². The van der Waals surface area contributed by atoms with Gasteiger partial charge in [-0.05, 0) is 38.3 Å². The maximum Gasteiger partial charge on any atom is 0.418 e. The Morgan fingerprint density at radius 2 is 1.53 bits per heavy atom. The Labute approximate surface area is 260 Å².